The Morgan fingerprint density at radius 1 is 1.35 bits per heavy atom. The summed E-state index contributed by atoms with van der Waals surface area (Å²) in [5.41, 5.74) is 5.94. The zero-order valence-electron chi connectivity index (χ0n) is 9.87. The number of hydrogen-bond donors (Lipinski definition) is 1. The molecule has 2 N–H and O–H groups in total. The van der Waals surface area contributed by atoms with Crippen LogP contribution in [0.4, 0.5) is 4.79 Å². The van der Waals surface area contributed by atoms with E-state index in [1.165, 1.54) is 0 Å². The molecule has 1 unspecified atom stereocenters. The van der Waals surface area contributed by atoms with Gasteiger partial charge in [-0.3, -0.25) is 0 Å². The van der Waals surface area contributed by atoms with Crippen molar-refractivity contribution in [1.82, 2.24) is 0 Å². The van der Waals surface area contributed by atoms with E-state index in [1.807, 2.05) is 48.6 Å². The van der Waals surface area contributed by atoms with E-state index in [4.69, 9.17) is 10.5 Å². The predicted octanol–water partition coefficient (Wildman–Crippen LogP) is 3.35. The molecule has 90 valence electrons. The van der Waals surface area contributed by atoms with Crippen LogP contribution in [0.2, 0.25) is 0 Å². The van der Waals surface area contributed by atoms with E-state index < -0.39 is 12.2 Å². The molecule has 1 aromatic rings. The Bertz CT molecular complexity index is 396. The lowest BCUT2D eigenvalue weighted by atomic mass is 10.1. The molecule has 3 nitrogen and oxygen atoms in total. The fourth-order valence-electron chi connectivity index (χ4n) is 1.37. The van der Waals surface area contributed by atoms with Gasteiger partial charge in [0.1, 0.15) is 6.10 Å². The number of benzene rings is 1. The number of rotatable bonds is 5. The largest absolute Gasteiger partial charge is 0.437 e. The van der Waals surface area contributed by atoms with Gasteiger partial charge in [0.25, 0.3) is 0 Å². The first-order valence-electron chi connectivity index (χ1n) is 5.58. The van der Waals surface area contributed by atoms with Crippen molar-refractivity contribution in [2.45, 2.75) is 19.4 Å². The lowest BCUT2D eigenvalue weighted by Crippen LogP contribution is -2.16. The van der Waals surface area contributed by atoms with Gasteiger partial charge < -0.3 is 10.5 Å². The summed E-state index contributed by atoms with van der Waals surface area (Å²) in [5, 5.41) is 0. The highest BCUT2D eigenvalue weighted by atomic mass is 16.6. The molecule has 0 saturated carbocycles. The zero-order valence-corrected chi connectivity index (χ0v) is 9.87. The molecule has 3 heteroatoms. The molecule has 1 aromatic carbocycles. The molecular weight excluding hydrogens is 214 g/mol. The molecule has 0 spiro atoms. The average molecular weight is 231 g/mol. The van der Waals surface area contributed by atoms with Crippen molar-refractivity contribution in [3.05, 3.63) is 60.2 Å². The van der Waals surface area contributed by atoms with E-state index in [1.54, 1.807) is 6.08 Å². The van der Waals surface area contributed by atoms with Gasteiger partial charge >= 0.3 is 6.09 Å². The van der Waals surface area contributed by atoms with Gasteiger partial charge in [-0.15, -0.1) is 0 Å². The van der Waals surface area contributed by atoms with E-state index in [-0.39, 0.29) is 0 Å². The Kier molecular flexibility index (Phi) is 5.58. The van der Waals surface area contributed by atoms with Gasteiger partial charge in [0, 0.05) is 0 Å². The molecule has 0 bridgehead atoms. The maximum atomic E-state index is 10.8. The van der Waals surface area contributed by atoms with Crippen molar-refractivity contribution < 1.29 is 9.53 Å². The van der Waals surface area contributed by atoms with Gasteiger partial charge in [-0.25, -0.2) is 4.79 Å². The summed E-state index contributed by atoms with van der Waals surface area (Å²) in [6.45, 7) is 2.05. The topological polar surface area (TPSA) is 52.3 Å². The Labute approximate surface area is 102 Å². The molecule has 0 aliphatic rings. The molecular formula is C14H17NO2. The van der Waals surface area contributed by atoms with Crippen LogP contribution in [0.15, 0.2) is 54.6 Å². The number of amides is 1. The van der Waals surface area contributed by atoms with E-state index in [0.717, 1.165) is 12.0 Å². The van der Waals surface area contributed by atoms with Crippen molar-refractivity contribution in [2.24, 2.45) is 5.73 Å². The molecule has 0 fully saturated rings. The molecule has 1 amide bonds. The minimum absolute atomic E-state index is 0.435. The molecule has 0 saturated heterocycles. The number of carbonyl (C=O) groups is 1. The quantitative estimate of drug-likeness (QED) is 0.790. The molecule has 0 aromatic heterocycles. The van der Waals surface area contributed by atoms with Gasteiger partial charge in [-0.1, -0.05) is 55.5 Å². The second kappa shape index (κ2) is 7.28. The van der Waals surface area contributed by atoms with E-state index >= 15 is 0 Å². The third kappa shape index (κ3) is 5.02. The first-order valence-corrected chi connectivity index (χ1v) is 5.58. The summed E-state index contributed by atoms with van der Waals surface area (Å²) < 4.78 is 5.03. The highest BCUT2D eigenvalue weighted by Crippen LogP contribution is 2.18. The molecule has 0 heterocycles. The number of hydrogen-bond acceptors (Lipinski definition) is 2. The van der Waals surface area contributed by atoms with Gasteiger partial charge in [0.05, 0.1) is 0 Å². The Morgan fingerprint density at radius 3 is 2.65 bits per heavy atom. The average Bonchev–Trinajstić information content (AvgIpc) is 2.34. The molecule has 0 aliphatic heterocycles. The van der Waals surface area contributed by atoms with Crippen LogP contribution < -0.4 is 5.73 Å². The Morgan fingerprint density at radius 2 is 2.06 bits per heavy atom. The standard InChI is InChI=1S/C14H17NO2/c1-2-3-4-8-11-13(17-14(15)16)12-9-6-5-7-10-12/h3-11,13H,2H2,1H3,(H2,15,16)/b4-3+,11-8+. The summed E-state index contributed by atoms with van der Waals surface area (Å²) in [5.74, 6) is 0. The SMILES string of the molecule is CC/C=C/C=C/C(OC(N)=O)c1ccccc1. The van der Waals surface area contributed by atoms with E-state index in [9.17, 15) is 4.79 Å². The van der Waals surface area contributed by atoms with Crippen LogP contribution in [-0.4, -0.2) is 6.09 Å². The Hall–Kier alpha value is -2.03. The number of carbonyl (C=O) groups excluding carboxylic acids is 1. The fourth-order valence-corrected chi connectivity index (χ4v) is 1.37. The van der Waals surface area contributed by atoms with Crippen LogP contribution in [0.5, 0.6) is 0 Å². The lowest BCUT2D eigenvalue weighted by molar-refractivity contribution is 0.130. The first-order chi connectivity index (χ1) is 8.24. The maximum absolute atomic E-state index is 10.8. The van der Waals surface area contributed by atoms with Gasteiger partial charge in [-0.2, -0.15) is 0 Å². The number of ether oxygens (including phenoxy) is 1. The summed E-state index contributed by atoms with van der Waals surface area (Å²) in [6, 6.07) is 9.47. The van der Waals surface area contributed by atoms with Crippen molar-refractivity contribution in [3.8, 4) is 0 Å². The van der Waals surface area contributed by atoms with Gasteiger partial charge in [0.2, 0.25) is 0 Å². The lowest BCUT2D eigenvalue weighted by Gasteiger charge is -2.12. The molecule has 0 radical (unpaired) electrons. The third-order valence-electron chi connectivity index (χ3n) is 2.14. The van der Waals surface area contributed by atoms with Crippen molar-refractivity contribution >= 4 is 6.09 Å². The van der Waals surface area contributed by atoms with Gasteiger partial charge in [-0.05, 0) is 18.1 Å². The summed E-state index contributed by atoms with van der Waals surface area (Å²) >= 11 is 0. The minimum atomic E-state index is -0.775. The third-order valence-corrected chi connectivity index (χ3v) is 2.14. The monoisotopic (exact) mass is 231 g/mol. The Balaban J connectivity index is 2.77. The number of nitrogens with two attached hydrogens (primary N) is 1. The maximum Gasteiger partial charge on any atom is 0.405 e. The summed E-state index contributed by atoms with van der Waals surface area (Å²) in [4.78, 5) is 10.8. The molecule has 17 heavy (non-hydrogen) atoms. The normalized spacial score (nSPS) is 13.0. The second-order valence-electron chi connectivity index (χ2n) is 3.49. The second-order valence-corrected chi connectivity index (χ2v) is 3.49. The van der Waals surface area contributed by atoms with Gasteiger partial charge in [0.15, 0.2) is 0 Å². The number of primary amides is 1. The highest BCUT2D eigenvalue weighted by molar-refractivity contribution is 5.65. The minimum Gasteiger partial charge on any atom is -0.437 e. The fraction of sp³-hybridized carbons (Fsp3) is 0.214. The van der Waals surface area contributed by atoms with Crippen LogP contribution in [0.1, 0.15) is 25.0 Å². The van der Waals surface area contributed by atoms with E-state index in [0.29, 0.717) is 0 Å². The summed E-state index contributed by atoms with van der Waals surface area (Å²) in [7, 11) is 0. The molecule has 1 rings (SSSR count). The van der Waals surface area contributed by atoms with Crippen LogP contribution in [0, 0.1) is 0 Å². The number of allylic oxidation sites excluding steroid dienone is 3. The zero-order chi connectivity index (χ0) is 12.5. The first kappa shape index (κ1) is 13.0. The van der Waals surface area contributed by atoms with Crippen molar-refractivity contribution in [3.63, 3.8) is 0 Å². The van der Waals surface area contributed by atoms with Crippen LogP contribution in [-0.2, 0) is 4.74 Å². The van der Waals surface area contributed by atoms with Crippen molar-refractivity contribution in [2.75, 3.05) is 0 Å². The van der Waals surface area contributed by atoms with Crippen LogP contribution in [0.25, 0.3) is 0 Å². The van der Waals surface area contributed by atoms with Crippen LogP contribution >= 0.6 is 0 Å². The van der Waals surface area contributed by atoms with Crippen molar-refractivity contribution in [1.29, 1.82) is 0 Å². The smallest absolute Gasteiger partial charge is 0.405 e. The highest BCUT2D eigenvalue weighted by Gasteiger charge is 2.10. The molecule has 0 aliphatic carbocycles. The predicted molar refractivity (Wildman–Crippen MR) is 68.4 cm³/mol. The molecule has 1 atom stereocenters. The van der Waals surface area contributed by atoms with E-state index in [2.05, 4.69) is 6.92 Å². The van der Waals surface area contributed by atoms with Crippen LogP contribution in [0.3, 0.4) is 0 Å². The summed E-state index contributed by atoms with van der Waals surface area (Å²) in [6.07, 6.45) is 7.34.